The smallest absolute Gasteiger partial charge is 0.232 e. The van der Waals surface area contributed by atoms with E-state index in [2.05, 4.69) is 22.6 Å². The monoisotopic (exact) mass is 235 g/mol. The third-order valence-corrected chi connectivity index (χ3v) is 2.74. The van der Waals surface area contributed by atoms with E-state index >= 15 is 0 Å². The molecule has 0 saturated heterocycles. The third kappa shape index (κ3) is 2.19. The first kappa shape index (κ1) is 11.0. The predicted octanol–water partition coefficient (Wildman–Crippen LogP) is 1.45. The van der Waals surface area contributed by atoms with E-state index in [1.807, 2.05) is 18.2 Å². The van der Waals surface area contributed by atoms with Crippen LogP contribution in [0.3, 0.4) is 0 Å². The molecule has 0 aliphatic heterocycles. The molecule has 1 aromatic carbocycles. The Kier molecular flexibility index (Phi) is 3.14. The molecule has 0 aliphatic carbocycles. The molecule has 1 amide bonds. The molecule has 0 atom stereocenters. The number of amides is 1. The van der Waals surface area contributed by atoms with E-state index in [1.54, 1.807) is 18.3 Å². The van der Waals surface area contributed by atoms with Crippen molar-refractivity contribution in [3.05, 3.63) is 30.1 Å². The van der Waals surface area contributed by atoms with Crippen LogP contribution in [0.4, 0.5) is 0 Å². The molecule has 16 heavy (non-hydrogen) atoms. The minimum atomic E-state index is 0.0213. The van der Waals surface area contributed by atoms with Crippen molar-refractivity contribution in [1.82, 2.24) is 14.9 Å². The fourth-order valence-electron chi connectivity index (χ4n) is 1.56. The molecule has 0 bridgehead atoms. The number of aromatic amines is 1. The normalized spacial score (nSPS) is 10.6. The molecule has 4 nitrogen and oxygen atoms in total. The number of nitrogens with one attached hydrogen (secondary N) is 1. The molecule has 84 valence electrons. The summed E-state index contributed by atoms with van der Waals surface area (Å²) in [6.45, 7) is 0.592. The zero-order valence-electron chi connectivity index (χ0n) is 8.97. The van der Waals surface area contributed by atoms with E-state index < -0.39 is 0 Å². The van der Waals surface area contributed by atoms with Crippen LogP contribution < -0.4 is 0 Å². The van der Waals surface area contributed by atoms with Crippen LogP contribution in [0.2, 0.25) is 0 Å². The van der Waals surface area contributed by atoms with E-state index in [-0.39, 0.29) is 11.7 Å². The van der Waals surface area contributed by atoms with Gasteiger partial charge < -0.3 is 9.88 Å². The number of thiol groups is 1. The standard InChI is InChI=1S/C11H13N3OS/c1-14(11(15)6-16)5-8-2-3-9-10(4-8)13-7-12-9/h2-4,7,16H,5-6H2,1H3,(H,12,13). The number of hydrogen-bond donors (Lipinski definition) is 2. The Morgan fingerprint density at radius 1 is 1.56 bits per heavy atom. The van der Waals surface area contributed by atoms with Gasteiger partial charge in [0.15, 0.2) is 0 Å². The number of carbonyl (C=O) groups excluding carboxylic acids is 1. The number of benzene rings is 1. The Morgan fingerprint density at radius 2 is 2.38 bits per heavy atom. The Balaban J connectivity index is 2.17. The van der Waals surface area contributed by atoms with Crippen LogP contribution in [0.1, 0.15) is 5.56 Å². The first-order valence-electron chi connectivity index (χ1n) is 4.97. The first-order valence-corrected chi connectivity index (χ1v) is 5.61. The zero-order valence-corrected chi connectivity index (χ0v) is 9.87. The number of aromatic nitrogens is 2. The molecular weight excluding hydrogens is 222 g/mol. The van der Waals surface area contributed by atoms with Crippen molar-refractivity contribution in [2.75, 3.05) is 12.8 Å². The maximum absolute atomic E-state index is 11.4. The molecule has 0 saturated carbocycles. The van der Waals surface area contributed by atoms with Gasteiger partial charge >= 0.3 is 0 Å². The Labute approximate surface area is 99.1 Å². The van der Waals surface area contributed by atoms with Crippen molar-refractivity contribution in [3.8, 4) is 0 Å². The van der Waals surface area contributed by atoms with Gasteiger partial charge in [0.2, 0.25) is 5.91 Å². The fraction of sp³-hybridized carbons (Fsp3) is 0.273. The number of hydrogen-bond acceptors (Lipinski definition) is 3. The summed E-state index contributed by atoms with van der Waals surface area (Å²) < 4.78 is 0. The Hall–Kier alpha value is -1.49. The largest absolute Gasteiger partial charge is 0.345 e. The summed E-state index contributed by atoms with van der Waals surface area (Å²) in [5.41, 5.74) is 3.01. The highest BCUT2D eigenvalue weighted by molar-refractivity contribution is 7.81. The van der Waals surface area contributed by atoms with Crippen LogP contribution in [0.5, 0.6) is 0 Å². The molecule has 0 unspecified atom stereocenters. The van der Waals surface area contributed by atoms with Crippen LogP contribution in [0.15, 0.2) is 24.5 Å². The van der Waals surface area contributed by atoms with Crippen molar-refractivity contribution in [1.29, 1.82) is 0 Å². The van der Waals surface area contributed by atoms with Crippen molar-refractivity contribution in [2.45, 2.75) is 6.54 Å². The molecule has 0 fully saturated rings. The molecule has 2 aromatic rings. The van der Waals surface area contributed by atoms with Gasteiger partial charge in [-0.1, -0.05) is 6.07 Å². The number of carbonyl (C=O) groups is 1. The van der Waals surface area contributed by atoms with E-state index in [0.29, 0.717) is 6.54 Å². The van der Waals surface area contributed by atoms with Gasteiger partial charge in [-0.15, -0.1) is 0 Å². The molecule has 2 rings (SSSR count). The van der Waals surface area contributed by atoms with Crippen LogP contribution in [-0.2, 0) is 11.3 Å². The average molecular weight is 235 g/mol. The number of fused-ring (bicyclic) bond motifs is 1. The molecule has 1 heterocycles. The summed E-state index contributed by atoms with van der Waals surface area (Å²) in [5, 5.41) is 0. The second-order valence-electron chi connectivity index (χ2n) is 3.66. The lowest BCUT2D eigenvalue weighted by Gasteiger charge is -2.15. The molecule has 1 N–H and O–H groups in total. The van der Waals surface area contributed by atoms with Crippen molar-refractivity contribution >= 4 is 29.6 Å². The summed E-state index contributed by atoms with van der Waals surface area (Å²) >= 11 is 3.96. The van der Waals surface area contributed by atoms with Crippen LogP contribution in [0, 0.1) is 0 Å². The van der Waals surface area contributed by atoms with Crippen molar-refractivity contribution in [3.63, 3.8) is 0 Å². The summed E-state index contributed by atoms with van der Waals surface area (Å²) in [6.07, 6.45) is 1.66. The Bertz CT molecular complexity index is 509. The van der Waals surface area contributed by atoms with Crippen LogP contribution in [-0.4, -0.2) is 33.6 Å². The van der Waals surface area contributed by atoms with Crippen LogP contribution >= 0.6 is 12.6 Å². The minimum absolute atomic E-state index is 0.0213. The maximum Gasteiger partial charge on any atom is 0.232 e. The van der Waals surface area contributed by atoms with Gasteiger partial charge in [0.05, 0.1) is 23.1 Å². The number of H-pyrrole nitrogens is 1. The zero-order chi connectivity index (χ0) is 11.5. The lowest BCUT2D eigenvalue weighted by molar-refractivity contribution is -0.127. The molecular formula is C11H13N3OS. The molecule has 1 aromatic heterocycles. The van der Waals surface area contributed by atoms with Gasteiger partial charge in [-0.2, -0.15) is 12.6 Å². The van der Waals surface area contributed by atoms with Crippen LogP contribution in [0.25, 0.3) is 11.0 Å². The highest BCUT2D eigenvalue weighted by Crippen LogP contribution is 2.12. The highest BCUT2D eigenvalue weighted by Gasteiger charge is 2.07. The lowest BCUT2D eigenvalue weighted by Crippen LogP contribution is -2.27. The quantitative estimate of drug-likeness (QED) is 0.791. The predicted molar refractivity (Wildman–Crippen MR) is 66.4 cm³/mol. The fourth-order valence-corrected chi connectivity index (χ4v) is 1.81. The lowest BCUT2D eigenvalue weighted by atomic mass is 10.2. The summed E-state index contributed by atoms with van der Waals surface area (Å²) in [4.78, 5) is 20.2. The second-order valence-corrected chi connectivity index (χ2v) is 3.98. The average Bonchev–Trinajstić information content (AvgIpc) is 2.75. The van der Waals surface area contributed by atoms with E-state index in [1.165, 1.54) is 0 Å². The van der Waals surface area contributed by atoms with Gasteiger partial charge in [0.25, 0.3) is 0 Å². The van der Waals surface area contributed by atoms with Crippen molar-refractivity contribution in [2.24, 2.45) is 0 Å². The van der Waals surface area contributed by atoms with E-state index in [0.717, 1.165) is 16.6 Å². The summed E-state index contributed by atoms with van der Waals surface area (Å²) in [6, 6.07) is 5.93. The number of nitrogens with zero attached hydrogens (tertiary/aromatic N) is 2. The van der Waals surface area contributed by atoms with E-state index in [9.17, 15) is 4.79 Å². The van der Waals surface area contributed by atoms with E-state index in [4.69, 9.17) is 0 Å². The molecule has 5 heteroatoms. The first-order chi connectivity index (χ1) is 7.70. The second kappa shape index (κ2) is 4.57. The SMILES string of the molecule is CN(Cc1ccc2nc[nH]c2c1)C(=O)CS. The van der Waals surface area contributed by atoms with Gasteiger partial charge in [-0.25, -0.2) is 4.98 Å². The molecule has 0 spiro atoms. The summed E-state index contributed by atoms with van der Waals surface area (Å²) in [5.74, 6) is 0.260. The topological polar surface area (TPSA) is 49.0 Å². The summed E-state index contributed by atoms with van der Waals surface area (Å²) in [7, 11) is 1.77. The minimum Gasteiger partial charge on any atom is -0.345 e. The van der Waals surface area contributed by atoms with Gasteiger partial charge in [0.1, 0.15) is 0 Å². The van der Waals surface area contributed by atoms with Gasteiger partial charge in [-0.3, -0.25) is 4.79 Å². The van der Waals surface area contributed by atoms with Gasteiger partial charge in [-0.05, 0) is 17.7 Å². The third-order valence-electron chi connectivity index (χ3n) is 2.47. The Morgan fingerprint density at radius 3 is 3.12 bits per heavy atom. The van der Waals surface area contributed by atoms with Crippen molar-refractivity contribution < 1.29 is 4.79 Å². The maximum atomic E-state index is 11.4. The number of rotatable bonds is 3. The highest BCUT2D eigenvalue weighted by atomic mass is 32.1. The number of imidazole rings is 1. The van der Waals surface area contributed by atoms with Gasteiger partial charge in [0, 0.05) is 13.6 Å². The molecule has 0 radical (unpaired) electrons. The molecule has 0 aliphatic rings.